The molecule has 0 bridgehead atoms. The van der Waals surface area contributed by atoms with Crippen LogP contribution >= 0.6 is 0 Å². The Balaban J connectivity index is 1.60. The van der Waals surface area contributed by atoms with E-state index in [2.05, 4.69) is 10.4 Å². The molecular formula is C17H17N3O. The molecule has 0 fully saturated rings. The number of hydrogen-bond donors (Lipinski definition) is 1. The number of aryl methyl sites for hydroxylation is 1. The molecule has 4 heteroatoms. The van der Waals surface area contributed by atoms with E-state index in [1.165, 1.54) is 5.56 Å². The first-order valence-corrected chi connectivity index (χ1v) is 6.96. The molecule has 2 aromatic heterocycles. The lowest BCUT2D eigenvalue weighted by Gasteiger charge is -2.04. The summed E-state index contributed by atoms with van der Waals surface area (Å²) >= 11 is 0. The van der Waals surface area contributed by atoms with Gasteiger partial charge in [0.15, 0.2) is 0 Å². The van der Waals surface area contributed by atoms with Gasteiger partial charge in [0.1, 0.15) is 0 Å². The molecule has 0 aliphatic carbocycles. The minimum Gasteiger partial charge on any atom is -0.350 e. The van der Waals surface area contributed by atoms with Gasteiger partial charge in [-0.1, -0.05) is 35.9 Å². The summed E-state index contributed by atoms with van der Waals surface area (Å²) in [6, 6.07) is 15.9. The Morgan fingerprint density at radius 2 is 2.10 bits per heavy atom. The number of hydrogen-bond acceptors (Lipinski definition) is 2. The summed E-state index contributed by atoms with van der Waals surface area (Å²) in [5.74, 6) is 0.0117. The third-order valence-corrected chi connectivity index (χ3v) is 3.33. The molecular weight excluding hydrogens is 262 g/mol. The van der Waals surface area contributed by atoms with E-state index in [1.54, 1.807) is 0 Å². The highest BCUT2D eigenvalue weighted by Gasteiger charge is 2.05. The maximum atomic E-state index is 12.0. The normalized spacial score (nSPS) is 10.7. The molecule has 3 aromatic rings. The van der Waals surface area contributed by atoms with E-state index in [9.17, 15) is 4.79 Å². The van der Waals surface area contributed by atoms with Crippen molar-refractivity contribution in [2.75, 3.05) is 0 Å². The largest absolute Gasteiger partial charge is 0.350 e. The lowest BCUT2D eigenvalue weighted by molar-refractivity contribution is -0.120. The molecule has 0 atom stereocenters. The molecule has 0 saturated carbocycles. The van der Waals surface area contributed by atoms with Gasteiger partial charge in [-0.2, -0.15) is 5.10 Å². The third-order valence-electron chi connectivity index (χ3n) is 3.33. The van der Waals surface area contributed by atoms with Crippen LogP contribution in [-0.4, -0.2) is 15.5 Å². The van der Waals surface area contributed by atoms with Crippen molar-refractivity contribution in [3.63, 3.8) is 0 Å². The standard InChI is InChI=1S/C17H17N3O/c1-13-5-4-6-14(9-13)10-17(21)18-12-15-11-16-7-2-3-8-20(16)19-15/h2-9,11H,10,12H2,1H3,(H,18,21). The Bertz CT molecular complexity index is 743. The van der Waals surface area contributed by atoms with Crippen LogP contribution in [0.15, 0.2) is 54.7 Å². The van der Waals surface area contributed by atoms with Crippen LogP contribution in [-0.2, 0) is 17.8 Å². The number of benzene rings is 1. The molecule has 3 rings (SSSR count). The molecule has 4 nitrogen and oxygen atoms in total. The number of pyridine rings is 1. The molecule has 0 aliphatic heterocycles. The Hall–Kier alpha value is -2.62. The Labute approximate surface area is 123 Å². The second-order valence-electron chi connectivity index (χ2n) is 5.15. The zero-order chi connectivity index (χ0) is 14.7. The summed E-state index contributed by atoms with van der Waals surface area (Å²) in [5.41, 5.74) is 4.09. The first-order valence-electron chi connectivity index (χ1n) is 6.96. The van der Waals surface area contributed by atoms with Crippen LogP contribution in [0.4, 0.5) is 0 Å². The molecule has 1 amide bonds. The predicted octanol–water partition coefficient (Wildman–Crippen LogP) is 2.50. The number of nitrogens with one attached hydrogen (secondary N) is 1. The fourth-order valence-corrected chi connectivity index (χ4v) is 2.34. The van der Waals surface area contributed by atoms with Crippen molar-refractivity contribution < 1.29 is 4.79 Å². The molecule has 1 aromatic carbocycles. The minimum atomic E-state index is 0.0117. The van der Waals surface area contributed by atoms with Crippen LogP contribution in [0.5, 0.6) is 0 Å². The van der Waals surface area contributed by atoms with Gasteiger partial charge in [-0.05, 0) is 30.7 Å². The molecule has 0 radical (unpaired) electrons. The number of carbonyl (C=O) groups excluding carboxylic acids is 1. The van der Waals surface area contributed by atoms with Crippen molar-refractivity contribution in [3.05, 3.63) is 71.5 Å². The van der Waals surface area contributed by atoms with E-state index in [4.69, 9.17) is 0 Å². The molecule has 0 spiro atoms. The summed E-state index contributed by atoms with van der Waals surface area (Å²) in [5, 5.41) is 7.32. The zero-order valence-corrected chi connectivity index (χ0v) is 11.9. The molecule has 106 valence electrons. The summed E-state index contributed by atoms with van der Waals surface area (Å²) in [4.78, 5) is 12.0. The second kappa shape index (κ2) is 5.79. The topological polar surface area (TPSA) is 46.4 Å². The number of aromatic nitrogens is 2. The van der Waals surface area contributed by atoms with E-state index >= 15 is 0 Å². The maximum Gasteiger partial charge on any atom is 0.224 e. The van der Waals surface area contributed by atoms with E-state index in [0.29, 0.717) is 13.0 Å². The lowest BCUT2D eigenvalue weighted by atomic mass is 10.1. The van der Waals surface area contributed by atoms with Gasteiger partial charge in [-0.3, -0.25) is 4.79 Å². The maximum absolute atomic E-state index is 12.0. The van der Waals surface area contributed by atoms with Gasteiger partial charge < -0.3 is 5.32 Å². The lowest BCUT2D eigenvalue weighted by Crippen LogP contribution is -2.24. The van der Waals surface area contributed by atoms with E-state index in [-0.39, 0.29) is 5.91 Å². The van der Waals surface area contributed by atoms with Crippen LogP contribution in [0.1, 0.15) is 16.8 Å². The van der Waals surface area contributed by atoms with Crippen molar-refractivity contribution in [2.45, 2.75) is 19.9 Å². The summed E-state index contributed by atoms with van der Waals surface area (Å²) < 4.78 is 1.81. The Morgan fingerprint density at radius 3 is 2.90 bits per heavy atom. The molecule has 21 heavy (non-hydrogen) atoms. The van der Waals surface area contributed by atoms with Crippen LogP contribution in [0.3, 0.4) is 0 Å². The SMILES string of the molecule is Cc1cccc(CC(=O)NCc2cc3ccccn3n2)c1. The minimum absolute atomic E-state index is 0.0117. The summed E-state index contributed by atoms with van der Waals surface area (Å²) in [6.45, 7) is 2.48. The van der Waals surface area contributed by atoms with Crippen LogP contribution in [0.25, 0.3) is 5.52 Å². The average molecular weight is 279 g/mol. The van der Waals surface area contributed by atoms with Crippen molar-refractivity contribution in [1.82, 2.24) is 14.9 Å². The average Bonchev–Trinajstić information content (AvgIpc) is 2.88. The highest BCUT2D eigenvalue weighted by atomic mass is 16.1. The summed E-state index contributed by atoms with van der Waals surface area (Å²) in [7, 11) is 0. The predicted molar refractivity (Wildman–Crippen MR) is 81.9 cm³/mol. The fourth-order valence-electron chi connectivity index (χ4n) is 2.34. The van der Waals surface area contributed by atoms with Gasteiger partial charge >= 0.3 is 0 Å². The number of nitrogens with zero attached hydrogens (tertiary/aromatic N) is 2. The molecule has 1 N–H and O–H groups in total. The third kappa shape index (κ3) is 3.28. The van der Waals surface area contributed by atoms with Gasteiger partial charge in [-0.15, -0.1) is 0 Å². The molecule has 2 heterocycles. The fraction of sp³-hybridized carbons (Fsp3) is 0.176. The monoisotopic (exact) mass is 279 g/mol. The number of fused-ring (bicyclic) bond motifs is 1. The van der Waals surface area contributed by atoms with Crippen molar-refractivity contribution >= 4 is 11.4 Å². The van der Waals surface area contributed by atoms with Crippen LogP contribution in [0.2, 0.25) is 0 Å². The Morgan fingerprint density at radius 1 is 1.19 bits per heavy atom. The smallest absolute Gasteiger partial charge is 0.224 e. The number of amides is 1. The second-order valence-corrected chi connectivity index (χ2v) is 5.15. The molecule has 0 aliphatic rings. The van der Waals surface area contributed by atoms with Gasteiger partial charge in [-0.25, -0.2) is 4.52 Å². The molecule has 0 saturated heterocycles. The number of carbonyl (C=O) groups is 1. The van der Waals surface area contributed by atoms with Crippen molar-refractivity contribution in [1.29, 1.82) is 0 Å². The zero-order valence-electron chi connectivity index (χ0n) is 11.9. The number of rotatable bonds is 4. The van der Waals surface area contributed by atoms with Gasteiger partial charge in [0, 0.05) is 6.20 Å². The van der Waals surface area contributed by atoms with Crippen molar-refractivity contribution in [2.24, 2.45) is 0 Å². The van der Waals surface area contributed by atoms with Gasteiger partial charge in [0.25, 0.3) is 0 Å². The first-order chi connectivity index (χ1) is 10.2. The molecule has 0 unspecified atom stereocenters. The van der Waals surface area contributed by atoms with E-state index in [1.807, 2.05) is 66.2 Å². The van der Waals surface area contributed by atoms with Gasteiger partial charge in [0.2, 0.25) is 5.91 Å². The highest BCUT2D eigenvalue weighted by molar-refractivity contribution is 5.78. The highest BCUT2D eigenvalue weighted by Crippen LogP contribution is 2.07. The van der Waals surface area contributed by atoms with Crippen LogP contribution < -0.4 is 5.32 Å². The quantitative estimate of drug-likeness (QED) is 0.797. The summed E-state index contributed by atoms with van der Waals surface area (Å²) in [6.07, 6.45) is 2.29. The van der Waals surface area contributed by atoms with Crippen molar-refractivity contribution in [3.8, 4) is 0 Å². The van der Waals surface area contributed by atoms with E-state index < -0.39 is 0 Å². The van der Waals surface area contributed by atoms with Gasteiger partial charge in [0.05, 0.1) is 24.2 Å². The van der Waals surface area contributed by atoms with E-state index in [0.717, 1.165) is 16.8 Å². The first kappa shape index (κ1) is 13.4. The Kier molecular flexibility index (Phi) is 3.69. The van der Waals surface area contributed by atoms with Crippen LogP contribution in [0, 0.1) is 6.92 Å².